The third-order valence-corrected chi connectivity index (χ3v) is 11.0. The Hall–Kier alpha value is -4.82. The van der Waals surface area contributed by atoms with Crippen LogP contribution in [0.5, 0.6) is 5.75 Å². The van der Waals surface area contributed by atoms with Crippen molar-refractivity contribution < 1.29 is 107 Å². The van der Waals surface area contributed by atoms with Crippen molar-refractivity contribution in [3.63, 3.8) is 0 Å². The van der Waals surface area contributed by atoms with Crippen LogP contribution in [0.15, 0.2) is 71.2 Å². The van der Waals surface area contributed by atoms with Crippen LogP contribution in [0.1, 0.15) is 32.3 Å². The molecule has 64 heavy (non-hydrogen) atoms. The van der Waals surface area contributed by atoms with E-state index >= 15 is 0 Å². The molecule has 2 saturated heterocycles. The Morgan fingerprint density at radius 1 is 0.625 bits per heavy atom. The van der Waals surface area contributed by atoms with Gasteiger partial charge in [-0.15, -0.1) is 0 Å². The van der Waals surface area contributed by atoms with Gasteiger partial charge in [0.15, 0.2) is 12.6 Å². The lowest BCUT2D eigenvalue weighted by atomic mass is 9.86. The van der Waals surface area contributed by atoms with E-state index in [0.29, 0.717) is 5.56 Å². The molecule has 2 fully saturated rings. The summed E-state index contributed by atoms with van der Waals surface area (Å²) < 4.78 is 54.4. The first-order valence-corrected chi connectivity index (χ1v) is 20.2. The minimum atomic E-state index is -1.75. The van der Waals surface area contributed by atoms with Gasteiger partial charge < -0.3 is 88.2 Å². The Morgan fingerprint density at radius 3 is 1.47 bits per heavy atom. The van der Waals surface area contributed by atoms with E-state index in [2.05, 4.69) is 0 Å². The molecule has 0 radical (unpaired) electrons. The fraction of sp³-hybridized carbons (Fsp3) is 0.571. The van der Waals surface area contributed by atoms with E-state index in [4.69, 9.17) is 47.4 Å². The fourth-order valence-corrected chi connectivity index (χ4v) is 7.42. The molecule has 12 unspecified atom stereocenters. The van der Waals surface area contributed by atoms with Crippen LogP contribution in [-0.4, -0.2) is 173 Å². The van der Waals surface area contributed by atoms with Crippen LogP contribution in [0.3, 0.4) is 0 Å². The molecule has 14 atom stereocenters. The number of aliphatic hydroxyl groups excluding tert-OH is 8. The number of esters is 4. The lowest BCUT2D eigenvalue weighted by Crippen LogP contribution is -2.60. The zero-order chi connectivity index (χ0) is 46.8. The Bertz CT molecular complexity index is 1910. The van der Waals surface area contributed by atoms with Crippen LogP contribution in [0.4, 0.5) is 0 Å². The minimum absolute atomic E-state index is 0.0381. The summed E-state index contributed by atoms with van der Waals surface area (Å²) in [7, 11) is 2.28. The van der Waals surface area contributed by atoms with Crippen molar-refractivity contribution in [2.75, 3.05) is 34.0 Å². The maximum Gasteiger partial charge on any atom is 0.337 e. The first-order chi connectivity index (χ1) is 30.6. The van der Waals surface area contributed by atoms with E-state index in [-0.39, 0.29) is 47.5 Å². The quantitative estimate of drug-likeness (QED) is 0.0386. The van der Waals surface area contributed by atoms with Crippen molar-refractivity contribution in [1.29, 1.82) is 0 Å². The van der Waals surface area contributed by atoms with Crippen LogP contribution in [0.25, 0.3) is 0 Å². The van der Waals surface area contributed by atoms with Gasteiger partial charge in [-0.2, -0.15) is 0 Å². The summed E-state index contributed by atoms with van der Waals surface area (Å²) in [5.74, 6) is -4.95. The molecule has 0 saturated carbocycles. The lowest BCUT2D eigenvalue weighted by Gasteiger charge is -2.41. The second-order valence-corrected chi connectivity index (χ2v) is 14.9. The van der Waals surface area contributed by atoms with Gasteiger partial charge in [0.2, 0.25) is 12.6 Å². The molecule has 1 aromatic rings. The van der Waals surface area contributed by atoms with Crippen molar-refractivity contribution in [3.05, 3.63) is 76.8 Å². The monoisotopic (exact) mass is 910 g/mol. The maximum absolute atomic E-state index is 13.3. The maximum atomic E-state index is 13.3. The normalized spacial score (nSPS) is 34.1. The molecule has 0 aromatic heterocycles. The molecule has 8 N–H and O–H groups in total. The average molecular weight is 911 g/mol. The number of allylic oxidation sites excluding steroid dienone is 2. The highest BCUT2D eigenvalue weighted by Gasteiger charge is 2.48. The average Bonchev–Trinajstić information content (AvgIpc) is 3.29. The molecule has 0 aliphatic carbocycles. The van der Waals surface area contributed by atoms with E-state index in [9.17, 15) is 60.0 Å². The van der Waals surface area contributed by atoms with E-state index in [1.165, 1.54) is 24.3 Å². The van der Waals surface area contributed by atoms with Gasteiger partial charge in [-0.05, 0) is 31.5 Å². The number of ether oxygens (including phenoxy) is 10. The van der Waals surface area contributed by atoms with E-state index in [1.54, 1.807) is 26.0 Å². The summed E-state index contributed by atoms with van der Waals surface area (Å²) in [5, 5.41) is 80.8. The summed E-state index contributed by atoms with van der Waals surface area (Å²) >= 11 is 0. The van der Waals surface area contributed by atoms with Crippen molar-refractivity contribution in [2.45, 2.75) is 107 Å². The first-order valence-electron chi connectivity index (χ1n) is 20.2. The Balaban J connectivity index is 1.17. The molecular weight excluding hydrogens is 856 g/mol. The van der Waals surface area contributed by atoms with Crippen LogP contribution in [0, 0.1) is 11.8 Å². The standard InChI is InChI=1S/C42H54O22/c1-5-21-23(25(37(53)55-3)17-58-39(21)63-41-35(51)33(49)31(47)27(15-43)61-41)13-29(45)57-12-11-19-7-9-20(10-8-19)60-30(46)14-24-22(6-2)40(59-18-26(24)38(54)56-4)64-42-36(52)34(50)32(48)28(16-44)62-42/h5-10,17-18,23-24,27-28,31-36,39-44,47-52H,11-16H2,1-4H3/b21-5-,22-6-/t23?,24-,27?,28?,31?,32?,33?,34?,35?,36?,39-,40?,41?,42?/m0/s1. The molecule has 1 aromatic carbocycles. The highest BCUT2D eigenvalue weighted by atomic mass is 16.8. The summed E-state index contributed by atoms with van der Waals surface area (Å²) in [5.41, 5.74) is 1.08. The van der Waals surface area contributed by atoms with E-state index in [1.807, 2.05) is 0 Å². The van der Waals surface area contributed by atoms with E-state index in [0.717, 1.165) is 26.7 Å². The number of hydrogen-bond donors (Lipinski definition) is 8. The zero-order valence-corrected chi connectivity index (χ0v) is 35.2. The van der Waals surface area contributed by atoms with Gasteiger partial charge in [0, 0.05) is 29.4 Å². The van der Waals surface area contributed by atoms with Crippen LogP contribution in [0.2, 0.25) is 0 Å². The Morgan fingerprint density at radius 2 is 1.06 bits per heavy atom. The molecule has 4 aliphatic rings. The third-order valence-electron chi connectivity index (χ3n) is 11.0. The molecule has 4 aliphatic heterocycles. The smallest absolute Gasteiger partial charge is 0.337 e. The van der Waals surface area contributed by atoms with Gasteiger partial charge in [-0.1, -0.05) is 24.3 Å². The molecule has 354 valence electrons. The summed E-state index contributed by atoms with van der Waals surface area (Å²) in [4.78, 5) is 51.9. The van der Waals surface area contributed by atoms with Gasteiger partial charge in [0.25, 0.3) is 0 Å². The highest BCUT2D eigenvalue weighted by molar-refractivity contribution is 5.91. The molecular formula is C42H54O22. The molecule has 0 bridgehead atoms. The van der Waals surface area contributed by atoms with Gasteiger partial charge in [0.1, 0.15) is 54.6 Å². The number of aliphatic hydroxyl groups is 8. The topological polar surface area (TPSA) is 322 Å². The van der Waals surface area contributed by atoms with E-state index < -0.39 is 129 Å². The molecule has 22 heteroatoms. The largest absolute Gasteiger partial charge is 0.468 e. The number of carbonyl (C=O) groups excluding carboxylic acids is 4. The fourth-order valence-electron chi connectivity index (χ4n) is 7.42. The van der Waals surface area contributed by atoms with Crippen LogP contribution < -0.4 is 4.74 Å². The van der Waals surface area contributed by atoms with Crippen molar-refractivity contribution >= 4 is 23.9 Å². The summed E-state index contributed by atoms with van der Waals surface area (Å²) in [6.45, 7) is 1.68. The predicted octanol–water partition coefficient (Wildman–Crippen LogP) is -1.96. The molecule has 22 nitrogen and oxygen atoms in total. The molecule has 0 amide bonds. The van der Waals surface area contributed by atoms with Gasteiger partial charge >= 0.3 is 23.9 Å². The summed E-state index contributed by atoms with van der Waals surface area (Å²) in [6, 6.07) is 6.26. The second kappa shape index (κ2) is 22.9. The lowest BCUT2D eigenvalue weighted by molar-refractivity contribution is -0.327. The first kappa shape index (κ1) is 50.2. The van der Waals surface area contributed by atoms with Gasteiger partial charge in [0.05, 0.1) is 70.6 Å². The molecule has 4 heterocycles. The molecule has 5 rings (SSSR count). The van der Waals surface area contributed by atoms with Crippen molar-refractivity contribution in [3.8, 4) is 5.75 Å². The third kappa shape index (κ3) is 11.5. The SMILES string of the molecule is C/C=C1/C(CC(=O)OCCc2ccc(OC(=O)C[C@@H]3C(C(=O)OC)=COC(OC4OC(CO)C(O)C(O)C4O)/C3=C\C)cc2)C(C(=O)OC)=CO[C@H]1OC1OC(CO)C(O)C(O)C1O. The zero-order valence-electron chi connectivity index (χ0n) is 35.2. The number of carbonyl (C=O) groups is 4. The van der Waals surface area contributed by atoms with Crippen molar-refractivity contribution in [2.24, 2.45) is 11.8 Å². The highest BCUT2D eigenvalue weighted by Crippen LogP contribution is 2.38. The second-order valence-electron chi connectivity index (χ2n) is 14.9. The van der Waals surface area contributed by atoms with Crippen LogP contribution >= 0.6 is 0 Å². The predicted molar refractivity (Wildman–Crippen MR) is 210 cm³/mol. The number of hydrogen-bond acceptors (Lipinski definition) is 22. The van der Waals surface area contributed by atoms with Gasteiger partial charge in [-0.3, -0.25) is 9.59 Å². The van der Waals surface area contributed by atoms with Crippen LogP contribution in [-0.2, 0) is 68.2 Å². The molecule has 0 spiro atoms. The number of methoxy groups -OCH3 is 2. The Kier molecular flexibility index (Phi) is 17.9. The summed E-state index contributed by atoms with van der Waals surface area (Å²) in [6.07, 6.45) is -14.0. The van der Waals surface area contributed by atoms with Crippen molar-refractivity contribution in [1.82, 2.24) is 0 Å². The van der Waals surface area contributed by atoms with Gasteiger partial charge in [-0.25, -0.2) is 9.59 Å². The number of benzene rings is 1. The minimum Gasteiger partial charge on any atom is -0.468 e. The Labute approximate surface area is 366 Å². The number of rotatable bonds is 16.